The van der Waals surface area contributed by atoms with Crippen LogP contribution in [-0.2, 0) is 19.3 Å². The molecule has 1 amide bonds. The number of amides is 1. The molecule has 0 saturated carbocycles. The minimum absolute atomic E-state index is 0.0201. The van der Waals surface area contributed by atoms with Crippen LogP contribution in [0.1, 0.15) is 49.8 Å². The number of aryl methyl sites for hydroxylation is 2. The highest BCUT2D eigenvalue weighted by Gasteiger charge is 2.21. The maximum atomic E-state index is 12.7. The third kappa shape index (κ3) is 3.77. The van der Waals surface area contributed by atoms with E-state index in [-0.39, 0.29) is 5.91 Å². The molecular formula is C20H19BrN2OS2. The highest BCUT2D eigenvalue weighted by molar-refractivity contribution is 9.10. The third-order valence-corrected chi connectivity index (χ3v) is 7.39. The van der Waals surface area contributed by atoms with Gasteiger partial charge in [-0.25, -0.2) is 4.98 Å². The molecule has 1 aliphatic rings. The lowest BCUT2D eigenvalue weighted by Crippen LogP contribution is -2.14. The van der Waals surface area contributed by atoms with E-state index in [1.165, 1.54) is 33.7 Å². The van der Waals surface area contributed by atoms with Gasteiger partial charge in [-0.15, -0.1) is 22.7 Å². The molecule has 1 aliphatic carbocycles. The van der Waals surface area contributed by atoms with Crippen LogP contribution in [0.4, 0.5) is 5.13 Å². The van der Waals surface area contributed by atoms with Crippen molar-refractivity contribution < 1.29 is 4.79 Å². The molecule has 0 spiro atoms. The van der Waals surface area contributed by atoms with Gasteiger partial charge < -0.3 is 0 Å². The number of halogens is 1. The number of hydrogen-bond donors (Lipinski definition) is 1. The summed E-state index contributed by atoms with van der Waals surface area (Å²) in [5.41, 5.74) is 4.32. The first-order chi connectivity index (χ1) is 12.6. The van der Waals surface area contributed by atoms with Crippen LogP contribution in [0.5, 0.6) is 0 Å². The zero-order valence-corrected chi connectivity index (χ0v) is 17.7. The van der Waals surface area contributed by atoms with Gasteiger partial charge in [-0.05, 0) is 55.9 Å². The molecule has 0 unspecified atom stereocenters. The van der Waals surface area contributed by atoms with Crippen molar-refractivity contribution in [1.29, 1.82) is 0 Å². The van der Waals surface area contributed by atoms with Gasteiger partial charge in [-0.2, -0.15) is 0 Å². The standard InChI is InChI=1S/C20H19BrN2OS2/c1-12-18(10-13-6-8-14(21)9-7-13)26-20(22-12)23-19(24)16-11-25-17-5-3-2-4-15(16)17/h6-9,11H,2-5,10H2,1H3,(H,22,23,24). The number of carbonyl (C=O) groups is 1. The van der Waals surface area contributed by atoms with Gasteiger partial charge in [0.15, 0.2) is 5.13 Å². The van der Waals surface area contributed by atoms with Crippen molar-refractivity contribution in [1.82, 2.24) is 4.98 Å². The second-order valence-electron chi connectivity index (χ2n) is 6.54. The number of anilines is 1. The predicted octanol–water partition coefficient (Wildman–Crippen LogP) is 6.00. The van der Waals surface area contributed by atoms with Crippen molar-refractivity contribution >= 4 is 49.6 Å². The van der Waals surface area contributed by atoms with Gasteiger partial charge in [0.25, 0.3) is 5.91 Å². The van der Waals surface area contributed by atoms with E-state index in [2.05, 4.69) is 38.4 Å². The Hall–Kier alpha value is -1.50. The van der Waals surface area contributed by atoms with E-state index < -0.39 is 0 Å². The van der Waals surface area contributed by atoms with E-state index in [9.17, 15) is 4.79 Å². The molecule has 26 heavy (non-hydrogen) atoms. The van der Waals surface area contributed by atoms with Gasteiger partial charge in [0, 0.05) is 26.0 Å². The summed E-state index contributed by atoms with van der Waals surface area (Å²) in [6.45, 7) is 2.01. The molecular weight excluding hydrogens is 428 g/mol. The van der Waals surface area contributed by atoms with E-state index in [4.69, 9.17) is 0 Å². The van der Waals surface area contributed by atoms with Crippen LogP contribution in [0.3, 0.4) is 0 Å². The first-order valence-corrected chi connectivity index (χ1v) is 11.2. The van der Waals surface area contributed by atoms with Gasteiger partial charge in [0.1, 0.15) is 0 Å². The summed E-state index contributed by atoms with van der Waals surface area (Å²) in [6, 6.07) is 8.32. The average molecular weight is 447 g/mol. The van der Waals surface area contributed by atoms with Crippen LogP contribution in [0, 0.1) is 6.92 Å². The van der Waals surface area contributed by atoms with Crippen molar-refractivity contribution in [2.75, 3.05) is 5.32 Å². The minimum atomic E-state index is -0.0201. The Kier molecular flexibility index (Phi) is 5.25. The lowest BCUT2D eigenvalue weighted by molar-refractivity contribution is 0.102. The van der Waals surface area contributed by atoms with Crippen molar-refractivity contribution in [3.05, 3.63) is 66.3 Å². The van der Waals surface area contributed by atoms with Crippen LogP contribution in [0.15, 0.2) is 34.1 Å². The summed E-state index contributed by atoms with van der Waals surface area (Å²) < 4.78 is 1.08. The maximum absolute atomic E-state index is 12.7. The zero-order valence-electron chi connectivity index (χ0n) is 14.5. The molecule has 2 heterocycles. The summed E-state index contributed by atoms with van der Waals surface area (Å²) in [5, 5.41) is 5.72. The number of thiazole rings is 1. The molecule has 0 aliphatic heterocycles. The predicted molar refractivity (Wildman–Crippen MR) is 113 cm³/mol. The van der Waals surface area contributed by atoms with Crippen LogP contribution in [-0.4, -0.2) is 10.9 Å². The van der Waals surface area contributed by atoms with Crippen LogP contribution < -0.4 is 5.32 Å². The van der Waals surface area contributed by atoms with E-state index in [0.717, 1.165) is 35.0 Å². The molecule has 3 nitrogen and oxygen atoms in total. The first-order valence-electron chi connectivity index (χ1n) is 8.71. The van der Waals surface area contributed by atoms with Crippen LogP contribution in [0.2, 0.25) is 0 Å². The summed E-state index contributed by atoms with van der Waals surface area (Å²) >= 11 is 6.76. The average Bonchev–Trinajstić information content (AvgIpc) is 3.20. The molecule has 2 aromatic heterocycles. The normalized spacial score (nSPS) is 13.5. The summed E-state index contributed by atoms with van der Waals surface area (Å²) in [7, 11) is 0. The molecule has 3 aromatic rings. The lowest BCUT2D eigenvalue weighted by Gasteiger charge is -2.12. The molecule has 0 radical (unpaired) electrons. The van der Waals surface area contributed by atoms with E-state index >= 15 is 0 Å². The molecule has 0 saturated heterocycles. The zero-order chi connectivity index (χ0) is 18.1. The number of carbonyl (C=O) groups excluding carboxylic acids is 1. The fourth-order valence-electron chi connectivity index (χ4n) is 3.28. The number of thiophene rings is 1. The molecule has 4 rings (SSSR count). The van der Waals surface area contributed by atoms with Gasteiger partial charge in [0.2, 0.25) is 0 Å². The minimum Gasteiger partial charge on any atom is -0.298 e. The second kappa shape index (κ2) is 7.62. The fraction of sp³-hybridized carbons (Fsp3) is 0.300. The maximum Gasteiger partial charge on any atom is 0.258 e. The Morgan fingerprint density at radius 2 is 2.00 bits per heavy atom. The van der Waals surface area contributed by atoms with E-state index in [1.54, 1.807) is 22.7 Å². The topological polar surface area (TPSA) is 42.0 Å². The Labute approximate surface area is 169 Å². The monoisotopic (exact) mass is 446 g/mol. The fourth-order valence-corrected chi connectivity index (χ4v) is 5.66. The largest absolute Gasteiger partial charge is 0.298 e. The molecule has 0 fully saturated rings. The molecule has 0 bridgehead atoms. The summed E-state index contributed by atoms with van der Waals surface area (Å²) in [4.78, 5) is 19.9. The van der Waals surface area contributed by atoms with Gasteiger partial charge in [-0.3, -0.25) is 10.1 Å². The van der Waals surface area contributed by atoms with Crippen LogP contribution >= 0.6 is 38.6 Å². The number of nitrogens with one attached hydrogen (secondary N) is 1. The van der Waals surface area contributed by atoms with Crippen LogP contribution in [0.25, 0.3) is 0 Å². The molecule has 1 aromatic carbocycles. The highest BCUT2D eigenvalue weighted by Crippen LogP contribution is 2.31. The number of aromatic nitrogens is 1. The Balaban J connectivity index is 1.49. The van der Waals surface area contributed by atoms with Gasteiger partial charge in [-0.1, -0.05) is 28.1 Å². The quantitative estimate of drug-likeness (QED) is 0.533. The smallest absolute Gasteiger partial charge is 0.258 e. The highest BCUT2D eigenvalue weighted by atomic mass is 79.9. The van der Waals surface area contributed by atoms with Crippen molar-refractivity contribution in [2.24, 2.45) is 0 Å². The summed E-state index contributed by atoms with van der Waals surface area (Å²) in [6.07, 6.45) is 5.38. The van der Waals surface area contributed by atoms with Crippen molar-refractivity contribution in [3.63, 3.8) is 0 Å². The number of rotatable bonds is 4. The first kappa shape index (κ1) is 17.9. The number of hydrogen-bond acceptors (Lipinski definition) is 4. The second-order valence-corrected chi connectivity index (χ2v) is 9.51. The van der Waals surface area contributed by atoms with Crippen molar-refractivity contribution in [3.8, 4) is 0 Å². The number of nitrogens with zero attached hydrogens (tertiary/aromatic N) is 1. The third-order valence-electron chi connectivity index (χ3n) is 4.70. The number of benzene rings is 1. The number of fused-ring (bicyclic) bond motifs is 1. The van der Waals surface area contributed by atoms with Gasteiger partial charge >= 0.3 is 0 Å². The van der Waals surface area contributed by atoms with E-state index in [1.807, 2.05) is 24.4 Å². The molecule has 0 atom stereocenters. The van der Waals surface area contributed by atoms with E-state index in [0.29, 0.717) is 5.13 Å². The van der Waals surface area contributed by atoms with Gasteiger partial charge in [0.05, 0.1) is 11.3 Å². The molecule has 6 heteroatoms. The molecule has 1 N–H and O–H groups in total. The lowest BCUT2D eigenvalue weighted by atomic mass is 9.96. The van der Waals surface area contributed by atoms with Crippen molar-refractivity contribution in [2.45, 2.75) is 39.0 Å². The Morgan fingerprint density at radius 3 is 2.81 bits per heavy atom. The summed E-state index contributed by atoms with van der Waals surface area (Å²) in [5.74, 6) is -0.0201. The Bertz CT molecular complexity index is 943. The molecule has 134 valence electrons. The SMILES string of the molecule is Cc1nc(NC(=O)c2csc3c2CCCC3)sc1Cc1ccc(Br)cc1. The Morgan fingerprint density at radius 1 is 1.23 bits per heavy atom.